The summed E-state index contributed by atoms with van der Waals surface area (Å²) in [5.41, 5.74) is 1.06. The van der Waals surface area contributed by atoms with Crippen molar-refractivity contribution in [3.63, 3.8) is 0 Å². The fourth-order valence-corrected chi connectivity index (χ4v) is 3.99. The summed E-state index contributed by atoms with van der Waals surface area (Å²) in [4.78, 5) is 14.9. The molecule has 168 valence electrons. The van der Waals surface area contributed by atoms with E-state index in [1.807, 2.05) is 38.1 Å². The molecule has 0 aromatic heterocycles. The molecule has 3 rings (SSSR count). The molecule has 0 saturated carbocycles. The quantitative estimate of drug-likeness (QED) is 0.643. The third-order valence-electron chi connectivity index (χ3n) is 5.34. The maximum Gasteiger partial charge on any atom is 0.416 e. The molecule has 2 atom stereocenters. The molecule has 2 aromatic carbocycles. The number of carbonyl (C=O) groups excluding carboxylic acids is 1. The van der Waals surface area contributed by atoms with Gasteiger partial charge in [-0.05, 0) is 49.6 Å². The SMILES string of the molecule is CC(C)NC(=O)[C@@H]1C[C@@H](NCc2ccc(C(F)(F)F)cc2)CN1Cc1ccccc1Cl. The Morgan fingerprint density at radius 3 is 2.45 bits per heavy atom. The number of carbonyl (C=O) groups is 1. The van der Waals surface area contributed by atoms with Gasteiger partial charge >= 0.3 is 6.18 Å². The summed E-state index contributed by atoms with van der Waals surface area (Å²) >= 11 is 6.31. The second-order valence-corrected chi connectivity index (χ2v) is 8.62. The Kier molecular flexibility index (Phi) is 7.62. The molecule has 1 amide bonds. The molecule has 0 spiro atoms. The van der Waals surface area contributed by atoms with E-state index in [-0.39, 0.29) is 24.0 Å². The Morgan fingerprint density at radius 2 is 1.84 bits per heavy atom. The number of rotatable bonds is 7. The van der Waals surface area contributed by atoms with Crippen LogP contribution in [0.4, 0.5) is 13.2 Å². The van der Waals surface area contributed by atoms with E-state index in [1.54, 1.807) is 0 Å². The van der Waals surface area contributed by atoms with E-state index in [9.17, 15) is 18.0 Å². The van der Waals surface area contributed by atoms with Gasteiger partial charge in [0.25, 0.3) is 0 Å². The maximum absolute atomic E-state index is 12.8. The lowest BCUT2D eigenvalue weighted by Crippen LogP contribution is -2.45. The lowest BCUT2D eigenvalue weighted by atomic mass is 10.1. The molecule has 31 heavy (non-hydrogen) atoms. The van der Waals surface area contributed by atoms with Crippen molar-refractivity contribution in [3.8, 4) is 0 Å². The highest BCUT2D eigenvalue weighted by Gasteiger charge is 2.37. The number of amides is 1. The molecular formula is C23H27ClF3N3O. The van der Waals surface area contributed by atoms with E-state index in [2.05, 4.69) is 15.5 Å². The average Bonchev–Trinajstić information content (AvgIpc) is 3.10. The standard InChI is InChI=1S/C23H27ClF3N3O/c1-15(2)29-22(31)21-11-19(14-30(21)13-17-5-3-4-6-20(17)24)28-12-16-7-9-18(10-8-16)23(25,26)27/h3-10,15,19,21,28H,11-14H2,1-2H3,(H,29,31)/t19-,21+/m1/s1. The van der Waals surface area contributed by atoms with Crippen molar-refractivity contribution in [2.45, 2.75) is 57.7 Å². The molecule has 8 heteroatoms. The summed E-state index contributed by atoms with van der Waals surface area (Å²) in [5, 5.41) is 7.03. The number of hydrogen-bond acceptors (Lipinski definition) is 3. The van der Waals surface area contributed by atoms with Gasteiger partial charge in [0.1, 0.15) is 0 Å². The normalized spacial score (nSPS) is 19.7. The Balaban J connectivity index is 1.66. The van der Waals surface area contributed by atoms with Gasteiger partial charge in [0.05, 0.1) is 11.6 Å². The summed E-state index contributed by atoms with van der Waals surface area (Å²) in [6.45, 7) is 5.47. The molecule has 0 bridgehead atoms. The van der Waals surface area contributed by atoms with Gasteiger partial charge in [-0.2, -0.15) is 13.2 Å². The van der Waals surface area contributed by atoms with E-state index in [0.717, 1.165) is 23.3 Å². The first-order chi connectivity index (χ1) is 14.6. The number of halogens is 4. The highest BCUT2D eigenvalue weighted by Crippen LogP contribution is 2.29. The van der Waals surface area contributed by atoms with Gasteiger partial charge in [-0.15, -0.1) is 0 Å². The summed E-state index contributed by atoms with van der Waals surface area (Å²) in [6.07, 6.45) is -3.72. The Morgan fingerprint density at radius 1 is 1.16 bits per heavy atom. The molecule has 1 saturated heterocycles. The van der Waals surface area contributed by atoms with Gasteiger partial charge in [-0.3, -0.25) is 9.69 Å². The van der Waals surface area contributed by atoms with Crippen LogP contribution in [0.25, 0.3) is 0 Å². The molecule has 1 aliphatic rings. The van der Waals surface area contributed by atoms with Crippen molar-refractivity contribution in [2.24, 2.45) is 0 Å². The highest BCUT2D eigenvalue weighted by molar-refractivity contribution is 6.31. The predicted molar refractivity (Wildman–Crippen MR) is 116 cm³/mol. The first kappa shape index (κ1) is 23.6. The first-order valence-electron chi connectivity index (χ1n) is 10.3. The van der Waals surface area contributed by atoms with Gasteiger partial charge in [0, 0.05) is 36.7 Å². The van der Waals surface area contributed by atoms with Gasteiger partial charge in [-0.25, -0.2) is 0 Å². The van der Waals surface area contributed by atoms with E-state index in [0.29, 0.717) is 31.1 Å². The molecule has 0 aliphatic carbocycles. The molecular weight excluding hydrogens is 427 g/mol. The van der Waals surface area contributed by atoms with Crippen molar-refractivity contribution in [3.05, 3.63) is 70.2 Å². The van der Waals surface area contributed by atoms with Crippen LogP contribution in [0.2, 0.25) is 5.02 Å². The summed E-state index contributed by atoms with van der Waals surface area (Å²) < 4.78 is 38.2. The molecule has 1 fully saturated rings. The van der Waals surface area contributed by atoms with Crippen molar-refractivity contribution in [2.75, 3.05) is 6.54 Å². The topological polar surface area (TPSA) is 44.4 Å². The van der Waals surface area contributed by atoms with E-state index >= 15 is 0 Å². The number of nitrogens with zero attached hydrogens (tertiary/aromatic N) is 1. The Labute approximate surface area is 185 Å². The third-order valence-corrected chi connectivity index (χ3v) is 5.71. The number of nitrogens with one attached hydrogen (secondary N) is 2. The third kappa shape index (κ3) is 6.45. The Bertz CT molecular complexity index is 886. The van der Waals surface area contributed by atoms with Crippen molar-refractivity contribution >= 4 is 17.5 Å². The second-order valence-electron chi connectivity index (χ2n) is 8.21. The smallest absolute Gasteiger partial charge is 0.353 e. The monoisotopic (exact) mass is 453 g/mol. The lowest BCUT2D eigenvalue weighted by molar-refractivity contribution is -0.137. The molecule has 2 aromatic rings. The molecule has 2 N–H and O–H groups in total. The van der Waals surface area contributed by atoms with Gasteiger partial charge in [-0.1, -0.05) is 41.9 Å². The van der Waals surface area contributed by atoms with Crippen LogP contribution in [-0.4, -0.2) is 35.5 Å². The molecule has 0 unspecified atom stereocenters. The van der Waals surface area contributed by atoms with Crippen LogP contribution >= 0.6 is 11.6 Å². The highest BCUT2D eigenvalue weighted by atomic mass is 35.5. The Hall–Kier alpha value is -2.09. The van der Waals surface area contributed by atoms with Crippen molar-refractivity contribution in [1.82, 2.24) is 15.5 Å². The number of alkyl halides is 3. The fourth-order valence-electron chi connectivity index (χ4n) is 3.80. The van der Waals surface area contributed by atoms with Crippen LogP contribution in [0.1, 0.15) is 37.0 Å². The maximum atomic E-state index is 12.8. The summed E-state index contributed by atoms with van der Waals surface area (Å²) in [5.74, 6) is -0.0270. The molecule has 0 radical (unpaired) electrons. The van der Waals surface area contributed by atoms with Crippen LogP contribution in [0.3, 0.4) is 0 Å². The molecule has 1 aliphatic heterocycles. The van der Waals surface area contributed by atoms with Crippen LogP contribution in [-0.2, 0) is 24.1 Å². The minimum Gasteiger partial charge on any atom is -0.353 e. The van der Waals surface area contributed by atoms with E-state index in [4.69, 9.17) is 11.6 Å². The van der Waals surface area contributed by atoms with Crippen molar-refractivity contribution in [1.29, 1.82) is 0 Å². The van der Waals surface area contributed by atoms with Crippen LogP contribution < -0.4 is 10.6 Å². The first-order valence-corrected chi connectivity index (χ1v) is 10.7. The zero-order chi connectivity index (χ0) is 22.6. The molecule has 4 nitrogen and oxygen atoms in total. The van der Waals surface area contributed by atoms with Crippen LogP contribution in [0.5, 0.6) is 0 Å². The minimum atomic E-state index is -4.34. The van der Waals surface area contributed by atoms with Crippen LogP contribution in [0.15, 0.2) is 48.5 Å². The summed E-state index contributed by atoms with van der Waals surface area (Å²) in [6, 6.07) is 12.5. The lowest BCUT2D eigenvalue weighted by Gasteiger charge is -2.24. The van der Waals surface area contributed by atoms with Crippen molar-refractivity contribution < 1.29 is 18.0 Å². The molecule has 1 heterocycles. The number of likely N-dealkylation sites (tertiary alicyclic amines) is 1. The largest absolute Gasteiger partial charge is 0.416 e. The number of hydrogen-bond donors (Lipinski definition) is 2. The van der Waals surface area contributed by atoms with E-state index in [1.165, 1.54) is 12.1 Å². The van der Waals surface area contributed by atoms with Gasteiger partial charge < -0.3 is 10.6 Å². The zero-order valence-corrected chi connectivity index (χ0v) is 18.3. The summed E-state index contributed by atoms with van der Waals surface area (Å²) in [7, 11) is 0. The zero-order valence-electron chi connectivity index (χ0n) is 17.5. The van der Waals surface area contributed by atoms with Gasteiger partial charge in [0.2, 0.25) is 5.91 Å². The average molecular weight is 454 g/mol. The predicted octanol–water partition coefficient (Wildman–Crippen LogP) is 4.62. The number of benzene rings is 2. The fraction of sp³-hybridized carbons (Fsp3) is 0.435. The van der Waals surface area contributed by atoms with E-state index < -0.39 is 11.7 Å². The van der Waals surface area contributed by atoms with Crippen LogP contribution in [0, 0.1) is 0 Å². The minimum absolute atomic E-state index is 0.0270. The second kappa shape index (κ2) is 10.0. The van der Waals surface area contributed by atoms with Gasteiger partial charge in [0.15, 0.2) is 0 Å².